The number of rotatable bonds is 2. The summed E-state index contributed by atoms with van der Waals surface area (Å²) in [6, 6.07) is 12.5. The Balaban J connectivity index is 2.07. The third kappa shape index (κ3) is 2.84. The summed E-state index contributed by atoms with van der Waals surface area (Å²) in [5.74, 6) is 0. The minimum atomic E-state index is 1.07. The molecule has 3 rings (SSSR count). The van der Waals surface area contributed by atoms with E-state index in [1.165, 1.54) is 9.75 Å². The molecule has 0 aliphatic rings. The number of halogens is 2. The van der Waals surface area contributed by atoms with Gasteiger partial charge in [0.15, 0.2) is 0 Å². The molecule has 0 N–H and O–H groups in total. The van der Waals surface area contributed by atoms with Gasteiger partial charge in [0.25, 0.3) is 0 Å². The third-order valence-electron chi connectivity index (χ3n) is 2.68. The topological polar surface area (TPSA) is 12.9 Å². The second-order valence-corrected chi connectivity index (χ2v) is 8.62. The fourth-order valence-corrected chi connectivity index (χ4v) is 4.61. The van der Waals surface area contributed by atoms with Crippen LogP contribution in [0.15, 0.2) is 44.7 Å². The minimum absolute atomic E-state index is 1.07. The van der Waals surface area contributed by atoms with Gasteiger partial charge in [0.05, 0.1) is 14.4 Å². The van der Waals surface area contributed by atoms with E-state index in [1.807, 2.05) is 12.1 Å². The number of thiazole rings is 1. The van der Waals surface area contributed by atoms with Crippen molar-refractivity contribution in [2.75, 3.05) is 0 Å². The quantitative estimate of drug-likeness (QED) is 0.474. The minimum Gasteiger partial charge on any atom is -0.235 e. The molecule has 2 heterocycles. The summed E-state index contributed by atoms with van der Waals surface area (Å²) in [6.45, 7) is 2.13. The Bertz CT molecular complexity index is 731. The van der Waals surface area contributed by atoms with E-state index in [0.29, 0.717) is 0 Å². The zero-order valence-electron chi connectivity index (χ0n) is 9.98. The Morgan fingerprint density at radius 1 is 1.05 bits per heavy atom. The van der Waals surface area contributed by atoms with E-state index in [-0.39, 0.29) is 0 Å². The average molecular weight is 415 g/mol. The van der Waals surface area contributed by atoms with Crippen molar-refractivity contribution in [2.24, 2.45) is 0 Å². The van der Waals surface area contributed by atoms with Gasteiger partial charge in [-0.05, 0) is 47.1 Å². The van der Waals surface area contributed by atoms with Crippen molar-refractivity contribution in [1.82, 2.24) is 4.98 Å². The molecule has 0 fully saturated rings. The molecule has 0 atom stereocenters. The maximum Gasteiger partial charge on any atom is 0.134 e. The lowest BCUT2D eigenvalue weighted by atomic mass is 10.1. The molecule has 19 heavy (non-hydrogen) atoms. The number of thiophene rings is 1. The second kappa shape index (κ2) is 5.48. The molecule has 0 saturated heterocycles. The van der Waals surface area contributed by atoms with Gasteiger partial charge in [-0.3, -0.25) is 0 Å². The van der Waals surface area contributed by atoms with Crippen molar-refractivity contribution in [3.8, 4) is 21.1 Å². The van der Waals surface area contributed by atoms with E-state index >= 15 is 0 Å². The molecule has 5 heteroatoms. The van der Waals surface area contributed by atoms with Crippen LogP contribution in [0, 0.1) is 6.92 Å². The SMILES string of the molecule is Cc1sc(-c2ccc(Br)s2)nc1-c1cccc(Br)c1. The number of hydrogen-bond acceptors (Lipinski definition) is 3. The lowest BCUT2D eigenvalue weighted by Gasteiger charge is -1.98. The van der Waals surface area contributed by atoms with Crippen molar-refractivity contribution < 1.29 is 0 Å². The fourth-order valence-electron chi connectivity index (χ4n) is 1.83. The Morgan fingerprint density at radius 2 is 1.89 bits per heavy atom. The van der Waals surface area contributed by atoms with Gasteiger partial charge in [-0.25, -0.2) is 4.98 Å². The predicted molar refractivity (Wildman–Crippen MR) is 91.0 cm³/mol. The van der Waals surface area contributed by atoms with Gasteiger partial charge in [0, 0.05) is 14.9 Å². The van der Waals surface area contributed by atoms with Crippen molar-refractivity contribution in [3.05, 3.63) is 49.5 Å². The molecule has 0 radical (unpaired) electrons. The number of aromatic nitrogens is 1. The lowest BCUT2D eigenvalue weighted by Crippen LogP contribution is -1.80. The standard InChI is InChI=1S/C14H9Br2NS2/c1-8-13(9-3-2-4-10(15)7-9)17-14(18-8)11-5-6-12(16)19-11/h2-7H,1H3. The van der Waals surface area contributed by atoms with Gasteiger partial charge < -0.3 is 0 Å². The number of hydrogen-bond donors (Lipinski definition) is 0. The molecular weight excluding hydrogens is 406 g/mol. The van der Waals surface area contributed by atoms with E-state index < -0.39 is 0 Å². The van der Waals surface area contributed by atoms with E-state index in [9.17, 15) is 0 Å². The summed E-state index contributed by atoms with van der Waals surface area (Å²) in [6.07, 6.45) is 0. The first kappa shape index (κ1) is 13.5. The normalized spacial score (nSPS) is 10.9. The largest absolute Gasteiger partial charge is 0.235 e. The summed E-state index contributed by atoms with van der Waals surface area (Å²) >= 11 is 10.5. The van der Waals surface area contributed by atoms with Gasteiger partial charge in [0.1, 0.15) is 5.01 Å². The highest BCUT2D eigenvalue weighted by Crippen LogP contribution is 2.38. The first-order valence-corrected chi connectivity index (χ1v) is 8.84. The Morgan fingerprint density at radius 3 is 2.58 bits per heavy atom. The van der Waals surface area contributed by atoms with Crippen LogP contribution in [-0.4, -0.2) is 4.98 Å². The van der Waals surface area contributed by atoms with Crippen LogP contribution in [0.5, 0.6) is 0 Å². The number of benzene rings is 1. The van der Waals surface area contributed by atoms with Crippen LogP contribution in [0.25, 0.3) is 21.1 Å². The molecule has 1 nitrogen and oxygen atoms in total. The zero-order valence-corrected chi connectivity index (χ0v) is 14.8. The van der Waals surface area contributed by atoms with E-state index in [1.54, 1.807) is 22.7 Å². The second-order valence-electron chi connectivity index (χ2n) is 4.04. The molecule has 0 saturated carbocycles. The summed E-state index contributed by atoms with van der Waals surface area (Å²) in [5.41, 5.74) is 2.23. The smallest absolute Gasteiger partial charge is 0.134 e. The van der Waals surface area contributed by atoms with Gasteiger partial charge in [0.2, 0.25) is 0 Å². The van der Waals surface area contributed by atoms with E-state index in [4.69, 9.17) is 4.98 Å². The Kier molecular flexibility index (Phi) is 3.89. The van der Waals surface area contributed by atoms with Crippen LogP contribution in [-0.2, 0) is 0 Å². The van der Waals surface area contributed by atoms with Crippen LogP contribution in [0.2, 0.25) is 0 Å². The Hall–Kier alpha value is -0.490. The zero-order chi connectivity index (χ0) is 13.4. The molecule has 2 aromatic heterocycles. The molecule has 0 unspecified atom stereocenters. The molecule has 3 aromatic rings. The third-order valence-corrected chi connectivity index (χ3v) is 5.94. The van der Waals surface area contributed by atoms with Crippen molar-refractivity contribution >= 4 is 54.5 Å². The van der Waals surface area contributed by atoms with Crippen LogP contribution in [0.3, 0.4) is 0 Å². The highest BCUT2D eigenvalue weighted by atomic mass is 79.9. The van der Waals surface area contributed by atoms with Gasteiger partial charge in [-0.1, -0.05) is 28.1 Å². The highest BCUT2D eigenvalue weighted by Gasteiger charge is 2.12. The summed E-state index contributed by atoms with van der Waals surface area (Å²) in [7, 11) is 0. The van der Waals surface area contributed by atoms with Crippen molar-refractivity contribution in [2.45, 2.75) is 6.92 Å². The molecule has 1 aromatic carbocycles. The number of aryl methyl sites for hydroxylation is 1. The average Bonchev–Trinajstić information content (AvgIpc) is 2.95. The lowest BCUT2D eigenvalue weighted by molar-refractivity contribution is 1.38. The molecular formula is C14H9Br2NS2. The maximum absolute atomic E-state index is 4.79. The first-order valence-electron chi connectivity index (χ1n) is 5.62. The van der Waals surface area contributed by atoms with Gasteiger partial charge in [-0.15, -0.1) is 22.7 Å². The molecule has 0 bridgehead atoms. The van der Waals surface area contributed by atoms with Gasteiger partial charge in [-0.2, -0.15) is 0 Å². The fraction of sp³-hybridized carbons (Fsp3) is 0.0714. The molecule has 0 aliphatic heterocycles. The monoisotopic (exact) mass is 413 g/mol. The molecule has 96 valence electrons. The van der Waals surface area contributed by atoms with Crippen LogP contribution in [0.4, 0.5) is 0 Å². The summed E-state index contributed by atoms with van der Waals surface area (Å²) in [5, 5.41) is 1.09. The predicted octanol–water partition coefficient (Wildman–Crippen LogP) is 6.37. The van der Waals surface area contributed by atoms with Crippen LogP contribution >= 0.6 is 54.5 Å². The molecule has 0 spiro atoms. The van der Waals surface area contributed by atoms with E-state index in [0.717, 1.165) is 24.5 Å². The molecule has 0 aliphatic carbocycles. The maximum atomic E-state index is 4.79. The van der Waals surface area contributed by atoms with Crippen molar-refractivity contribution in [3.63, 3.8) is 0 Å². The summed E-state index contributed by atoms with van der Waals surface area (Å²) in [4.78, 5) is 7.25. The Labute approximate surface area is 136 Å². The highest BCUT2D eigenvalue weighted by molar-refractivity contribution is 9.11. The van der Waals surface area contributed by atoms with E-state index in [2.05, 4.69) is 63.0 Å². The van der Waals surface area contributed by atoms with Crippen molar-refractivity contribution in [1.29, 1.82) is 0 Å². The van der Waals surface area contributed by atoms with Crippen LogP contribution in [0.1, 0.15) is 4.88 Å². The van der Waals surface area contributed by atoms with Crippen LogP contribution < -0.4 is 0 Å². The van der Waals surface area contributed by atoms with Gasteiger partial charge >= 0.3 is 0 Å². The first-order chi connectivity index (χ1) is 9.13. The molecule has 0 amide bonds. The number of nitrogens with zero attached hydrogens (tertiary/aromatic N) is 1. The summed E-state index contributed by atoms with van der Waals surface area (Å²) < 4.78 is 2.22.